The van der Waals surface area contributed by atoms with E-state index >= 15 is 0 Å². The topological polar surface area (TPSA) is 35.5 Å². The summed E-state index contributed by atoms with van der Waals surface area (Å²) < 4.78 is 11.1. The smallest absolute Gasteiger partial charge is 0.164 e. The van der Waals surface area contributed by atoms with Crippen molar-refractivity contribution < 1.29 is 14.3 Å². The van der Waals surface area contributed by atoms with Crippen LogP contribution < -0.4 is 14.8 Å². The lowest BCUT2D eigenvalue weighted by molar-refractivity contribution is 0.101. The molecule has 0 aliphatic carbocycles. The lowest BCUT2D eigenvalue weighted by Crippen LogP contribution is -2.22. The Labute approximate surface area is 146 Å². The van der Waals surface area contributed by atoms with Gasteiger partial charge in [-0.2, -0.15) is 0 Å². The lowest BCUT2D eigenvalue weighted by Gasteiger charge is -2.31. The van der Waals surface area contributed by atoms with E-state index in [1.54, 1.807) is 21.1 Å². The molecule has 0 fully saturated rings. The van der Waals surface area contributed by atoms with E-state index in [9.17, 15) is 4.79 Å². The maximum atomic E-state index is 12.0. The van der Waals surface area contributed by atoms with Gasteiger partial charge in [0.25, 0.3) is 0 Å². The molecule has 4 heteroatoms. The molecule has 0 aromatic heterocycles. The van der Waals surface area contributed by atoms with E-state index in [0.29, 0.717) is 8.58 Å². The molecule has 128 valence electrons. The molecule has 0 aliphatic rings. The van der Waals surface area contributed by atoms with Crippen LogP contribution in [0.2, 0.25) is 0 Å². The van der Waals surface area contributed by atoms with Crippen LogP contribution in [0.3, 0.4) is 0 Å². The van der Waals surface area contributed by atoms with Crippen LogP contribution in [0.15, 0.2) is 42.5 Å². The predicted octanol–water partition coefficient (Wildman–Crippen LogP) is 4.54. The van der Waals surface area contributed by atoms with E-state index in [2.05, 4.69) is 26.0 Å². The fourth-order valence-electron chi connectivity index (χ4n) is 2.86. The van der Waals surface area contributed by atoms with E-state index in [-0.39, 0.29) is 10.9 Å². The fourth-order valence-corrected chi connectivity index (χ4v) is 4.54. The highest BCUT2D eigenvalue weighted by atomic mass is 31.1. The first-order valence-electron chi connectivity index (χ1n) is 8.06. The van der Waals surface area contributed by atoms with E-state index in [1.807, 2.05) is 30.3 Å². The normalized spacial score (nSPS) is 13.7. The van der Waals surface area contributed by atoms with Gasteiger partial charge < -0.3 is 9.47 Å². The van der Waals surface area contributed by atoms with E-state index in [4.69, 9.17) is 9.47 Å². The van der Waals surface area contributed by atoms with Crippen molar-refractivity contribution >= 4 is 19.7 Å². The van der Waals surface area contributed by atoms with Gasteiger partial charge in [-0.3, -0.25) is 4.79 Å². The van der Waals surface area contributed by atoms with Crippen LogP contribution in [-0.4, -0.2) is 20.0 Å². The lowest BCUT2D eigenvalue weighted by atomic mass is 9.96. The average Bonchev–Trinajstić information content (AvgIpc) is 2.60. The molecule has 2 unspecified atom stereocenters. The van der Waals surface area contributed by atoms with Crippen molar-refractivity contribution in [2.75, 3.05) is 14.2 Å². The van der Waals surface area contributed by atoms with Crippen molar-refractivity contribution in [2.45, 2.75) is 32.3 Å². The second-order valence-corrected chi connectivity index (χ2v) is 7.85. The summed E-state index contributed by atoms with van der Waals surface area (Å²) in [4.78, 5) is 12.0. The third-order valence-electron chi connectivity index (χ3n) is 4.42. The molecule has 0 amide bonds. The first-order valence-corrected chi connectivity index (χ1v) is 9.06. The summed E-state index contributed by atoms with van der Waals surface area (Å²) in [6.45, 7) is 6.01. The summed E-state index contributed by atoms with van der Waals surface area (Å²) in [6.07, 6.45) is 0.932. The molecule has 0 spiro atoms. The Morgan fingerprint density at radius 3 is 2.38 bits per heavy atom. The molecule has 0 saturated carbocycles. The van der Waals surface area contributed by atoms with Gasteiger partial charge in [0, 0.05) is 16.3 Å². The van der Waals surface area contributed by atoms with Crippen molar-refractivity contribution in [3.05, 3.63) is 53.6 Å². The Balaban J connectivity index is 2.53. The summed E-state index contributed by atoms with van der Waals surface area (Å²) in [6, 6.07) is 13.9. The highest BCUT2D eigenvalue weighted by molar-refractivity contribution is 7.48. The molecule has 0 saturated heterocycles. The molecule has 0 bridgehead atoms. The zero-order valence-corrected chi connectivity index (χ0v) is 16.0. The molecule has 0 radical (unpaired) electrons. The number of Topliss-reactive ketones (excluding diaryl/α,β-unsaturated/α-hetero) is 1. The molecular weight excluding hydrogens is 319 g/mol. The van der Waals surface area contributed by atoms with Gasteiger partial charge in [0.05, 0.1) is 14.2 Å². The first-order chi connectivity index (χ1) is 11.5. The zero-order chi connectivity index (χ0) is 17.7. The molecule has 2 rings (SSSR count). The molecular formula is C20H25O3P. The third kappa shape index (κ3) is 3.62. The number of ether oxygens (including phenoxy) is 2. The van der Waals surface area contributed by atoms with Gasteiger partial charge in [-0.05, 0) is 24.7 Å². The Morgan fingerprint density at radius 2 is 1.79 bits per heavy atom. The SMILES string of the molecule is CCC(C)(Pc1ccccc1C(C)=O)c1cccc(OC)c1OC. The highest BCUT2D eigenvalue weighted by Crippen LogP contribution is 2.49. The molecule has 0 N–H and O–H groups in total. The van der Waals surface area contributed by atoms with Gasteiger partial charge in [0.2, 0.25) is 0 Å². The number of ketones is 1. The van der Waals surface area contributed by atoms with Crippen molar-refractivity contribution in [3.8, 4) is 11.5 Å². The van der Waals surface area contributed by atoms with Crippen LogP contribution in [0.1, 0.15) is 43.1 Å². The standard InChI is InChI=1S/C20H25O3P/c1-6-20(3,16-11-9-12-17(22-4)19(16)23-5)24-18-13-8-7-10-15(18)14(2)21/h7-13,24H,6H2,1-5H3. The third-order valence-corrected chi connectivity index (χ3v) is 6.30. The number of para-hydroxylation sites is 1. The molecule has 2 atom stereocenters. The van der Waals surface area contributed by atoms with Crippen molar-refractivity contribution in [2.24, 2.45) is 0 Å². The number of hydrogen-bond donors (Lipinski definition) is 0. The summed E-state index contributed by atoms with van der Waals surface area (Å²) in [5.41, 5.74) is 1.92. The zero-order valence-electron chi connectivity index (χ0n) is 15.0. The maximum Gasteiger partial charge on any atom is 0.164 e. The number of carbonyl (C=O) groups excluding carboxylic acids is 1. The number of methoxy groups -OCH3 is 2. The minimum Gasteiger partial charge on any atom is -0.493 e. The number of hydrogen-bond acceptors (Lipinski definition) is 3. The molecule has 2 aromatic rings. The minimum absolute atomic E-state index is 0.106. The van der Waals surface area contributed by atoms with E-state index in [0.717, 1.165) is 34.4 Å². The molecule has 24 heavy (non-hydrogen) atoms. The van der Waals surface area contributed by atoms with Gasteiger partial charge in [0.1, 0.15) is 0 Å². The summed E-state index contributed by atoms with van der Waals surface area (Å²) in [7, 11) is 3.78. The van der Waals surface area contributed by atoms with Gasteiger partial charge >= 0.3 is 0 Å². The van der Waals surface area contributed by atoms with Crippen LogP contribution in [-0.2, 0) is 5.16 Å². The van der Waals surface area contributed by atoms with Gasteiger partial charge in [-0.25, -0.2) is 0 Å². The second kappa shape index (κ2) is 7.81. The van der Waals surface area contributed by atoms with Crippen molar-refractivity contribution in [3.63, 3.8) is 0 Å². The summed E-state index contributed by atoms with van der Waals surface area (Å²) in [5.74, 6) is 1.62. The van der Waals surface area contributed by atoms with Gasteiger partial charge in [0.15, 0.2) is 17.3 Å². The maximum absolute atomic E-state index is 12.0. The molecule has 2 aromatic carbocycles. The summed E-state index contributed by atoms with van der Waals surface area (Å²) in [5, 5.41) is 0.963. The Bertz CT molecular complexity index is 727. The van der Waals surface area contributed by atoms with Gasteiger partial charge in [-0.1, -0.05) is 58.8 Å². The summed E-state index contributed by atoms with van der Waals surface area (Å²) >= 11 is 0. The van der Waals surface area contributed by atoms with Gasteiger partial charge in [-0.15, -0.1) is 0 Å². The van der Waals surface area contributed by atoms with Crippen molar-refractivity contribution in [1.29, 1.82) is 0 Å². The Hall–Kier alpha value is -1.86. The highest BCUT2D eigenvalue weighted by Gasteiger charge is 2.31. The second-order valence-electron chi connectivity index (χ2n) is 5.95. The monoisotopic (exact) mass is 344 g/mol. The van der Waals surface area contributed by atoms with Crippen LogP contribution in [0.4, 0.5) is 0 Å². The minimum atomic E-state index is -0.133. The largest absolute Gasteiger partial charge is 0.493 e. The molecule has 0 aliphatic heterocycles. The quantitative estimate of drug-likeness (QED) is 0.547. The molecule has 3 nitrogen and oxygen atoms in total. The van der Waals surface area contributed by atoms with Crippen LogP contribution >= 0.6 is 8.58 Å². The van der Waals surface area contributed by atoms with Crippen LogP contribution in [0.5, 0.6) is 11.5 Å². The van der Waals surface area contributed by atoms with Crippen molar-refractivity contribution in [1.82, 2.24) is 0 Å². The fraction of sp³-hybridized carbons (Fsp3) is 0.350. The Morgan fingerprint density at radius 1 is 1.08 bits per heavy atom. The van der Waals surface area contributed by atoms with Crippen LogP contribution in [0.25, 0.3) is 0 Å². The number of carbonyl (C=O) groups is 1. The number of rotatable bonds is 7. The molecule has 0 heterocycles. The van der Waals surface area contributed by atoms with Crippen LogP contribution in [0, 0.1) is 0 Å². The number of benzene rings is 2. The Kier molecular flexibility index (Phi) is 6.01. The predicted molar refractivity (Wildman–Crippen MR) is 102 cm³/mol. The van der Waals surface area contributed by atoms with E-state index in [1.165, 1.54) is 0 Å². The average molecular weight is 344 g/mol. The van der Waals surface area contributed by atoms with E-state index < -0.39 is 0 Å². The first kappa shape index (κ1) is 18.5.